The highest BCUT2D eigenvalue weighted by Crippen LogP contribution is 2.29. The molecule has 7 nitrogen and oxygen atoms in total. The molecule has 1 heterocycles. The summed E-state index contributed by atoms with van der Waals surface area (Å²) >= 11 is 0. The molecule has 0 aliphatic heterocycles. The lowest BCUT2D eigenvalue weighted by Gasteiger charge is -2.11. The van der Waals surface area contributed by atoms with Gasteiger partial charge in [0, 0.05) is 6.54 Å². The number of aryl methyl sites for hydroxylation is 1. The van der Waals surface area contributed by atoms with Gasteiger partial charge in [0.2, 0.25) is 0 Å². The van der Waals surface area contributed by atoms with Gasteiger partial charge in [0.1, 0.15) is 0 Å². The van der Waals surface area contributed by atoms with Gasteiger partial charge in [-0.3, -0.25) is 4.57 Å². The normalized spacial score (nSPS) is 11.0. The molecule has 2 aromatic carbocycles. The number of fused-ring (bicyclic) bond motifs is 1. The molecule has 0 unspecified atom stereocenters. The summed E-state index contributed by atoms with van der Waals surface area (Å²) in [5.74, 6) is -0.805. The number of alkyl halides is 2. The van der Waals surface area contributed by atoms with E-state index < -0.39 is 12.6 Å². The van der Waals surface area contributed by atoms with Crippen molar-refractivity contribution in [2.45, 2.75) is 19.6 Å². The molecule has 3 aromatic rings. The molecule has 1 aromatic heterocycles. The SMILES string of the molecule is COc1cc(C(=O)OCCCn2c(=O)[nH]c3ccccc32)ccc1OC(F)F. The number of H-pyrrole nitrogens is 1. The Morgan fingerprint density at radius 1 is 1.18 bits per heavy atom. The third kappa shape index (κ3) is 4.30. The van der Waals surface area contributed by atoms with Crippen LogP contribution >= 0.6 is 0 Å². The summed E-state index contributed by atoms with van der Waals surface area (Å²) in [4.78, 5) is 26.9. The van der Waals surface area contributed by atoms with E-state index in [4.69, 9.17) is 9.47 Å². The molecule has 0 fully saturated rings. The second-order valence-electron chi connectivity index (χ2n) is 5.83. The van der Waals surface area contributed by atoms with E-state index in [1.807, 2.05) is 24.3 Å². The number of hydrogen-bond donors (Lipinski definition) is 1. The molecule has 28 heavy (non-hydrogen) atoms. The van der Waals surface area contributed by atoms with Crippen molar-refractivity contribution in [3.8, 4) is 11.5 Å². The number of rotatable bonds is 8. The van der Waals surface area contributed by atoms with Crippen molar-refractivity contribution in [1.29, 1.82) is 0 Å². The van der Waals surface area contributed by atoms with Crippen molar-refractivity contribution < 1.29 is 27.8 Å². The molecule has 0 atom stereocenters. The second kappa shape index (κ2) is 8.55. The zero-order chi connectivity index (χ0) is 20.1. The summed E-state index contributed by atoms with van der Waals surface area (Å²) in [5.41, 5.74) is 1.43. The number of ether oxygens (including phenoxy) is 3. The van der Waals surface area contributed by atoms with E-state index >= 15 is 0 Å². The number of carbonyl (C=O) groups is 1. The van der Waals surface area contributed by atoms with Crippen LogP contribution < -0.4 is 15.2 Å². The first-order valence-corrected chi connectivity index (χ1v) is 8.47. The topological polar surface area (TPSA) is 82.5 Å². The van der Waals surface area contributed by atoms with E-state index in [2.05, 4.69) is 9.72 Å². The first-order valence-electron chi connectivity index (χ1n) is 8.47. The standard InChI is InChI=1S/C19H18F2N2O5/c1-26-16-11-12(7-8-15(16)28-18(20)21)17(24)27-10-4-9-23-14-6-3-2-5-13(14)22-19(23)25/h2-3,5-8,11,18H,4,9-10H2,1H3,(H,22,25). The van der Waals surface area contributed by atoms with Crippen molar-refractivity contribution >= 4 is 17.0 Å². The quantitative estimate of drug-likeness (QED) is 0.470. The minimum atomic E-state index is -3.00. The van der Waals surface area contributed by atoms with Crippen LogP contribution in [-0.4, -0.2) is 35.8 Å². The summed E-state index contributed by atoms with van der Waals surface area (Å²) in [7, 11) is 1.28. The van der Waals surface area contributed by atoms with Crippen LogP contribution in [0.15, 0.2) is 47.3 Å². The molecule has 0 aliphatic carbocycles. The van der Waals surface area contributed by atoms with Crippen LogP contribution in [0, 0.1) is 0 Å². The van der Waals surface area contributed by atoms with E-state index in [1.165, 1.54) is 25.3 Å². The number of imidazole rings is 1. The molecular formula is C19H18F2N2O5. The van der Waals surface area contributed by atoms with Gasteiger partial charge in [0.05, 0.1) is 30.3 Å². The zero-order valence-electron chi connectivity index (χ0n) is 15.0. The van der Waals surface area contributed by atoms with Gasteiger partial charge in [0.25, 0.3) is 0 Å². The number of methoxy groups -OCH3 is 1. The molecule has 0 saturated carbocycles. The lowest BCUT2D eigenvalue weighted by molar-refractivity contribution is -0.0512. The Morgan fingerprint density at radius 2 is 1.96 bits per heavy atom. The first-order chi connectivity index (χ1) is 13.5. The van der Waals surface area contributed by atoms with E-state index in [1.54, 1.807) is 4.57 Å². The average molecular weight is 392 g/mol. The number of aromatic nitrogens is 2. The molecule has 0 saturated heterocycles. The van der Waals surface area contributed by atoms with Gasteiger partial charge < -0.3 is 19.2 Å². The van der Waals surface area contributed by atoms with Crippen molar-refractivity contribution in [2.24, 2.45) is 0 Å². The Kier molecular flexibility index (Phi) is 5.93. The van der Waals surface area contributed by atoms with Crippen LogP contribution in [0.1, 0.15) is 16.8 Å². The van der Waals surface area contributed by atoms with Crippen LogP contribution in [0.4, 0.5) is 8.78 Å². The highest BCUT2D eigenvalue weighted by molar-refractivity contribution is 5.90. The van der Waals surface area contributed by atoms with E-state index in [9.17, 15) is 18.4 Å². The second-order valence-corrected chi connectivity index (χ2v) is 5.83. The Balaban J connectivity index is 1.58. The van der Waals surface area contributed by atoms with E-state index in [-0.39, 0.29) is 29.4 Å². The smallest absolute Gasteiger partial charge is 0.387 e. The maximum absolute atomic E-state index is 12.3. The maximum atomic E-state index is 12.3. The van der Waals surface area contributed by atoms with Crippen LogP contribution in [0.5, 0.6) is 11.5 Å². The Bertz CT molecular complexity index is 1030. The number of halogens is 2. The predicted molar refractivity (Wildman–Crippen MR) is 97.1 cm³/mol. The van der Waals surface area contributed by atoms with Gasteiger partial charge in [-0.15, -0.1) is 0 Å². The van der Waals surface area contributed by atoms with Crippen LogP contribution in [0.25, 0.3) is 11.0 Å². The number of esters is 1. The number of nitrogens with one attached hydrogen (secondary N) is 1. The molecule has 9 heteroatoms. The third-order valence-corrected chi connectivity index (χ3v) is 4.06. The van der Waals surface area contributed by atoms with Gasteiger partial charge in [-0.05, 0) is 36.8 Å². The maximum Gasteiger partial charge on any atom is 0.387 e. The zero-order valence-corrected chi connectivity index (χ0v) is 15.0. The Morgan fingerprint density at radius 3 is 2.71 bits per heavy atom. The van der Waals surface area contributed by atoms with Gasteiger partial charge in [-0.2, -0.15) is 8.78 Å². The summed E-state index contributed by atoms with van der Waals surface area (Å²) in [6.45, 7) is -2.54. The van der Waals surface area contributed by atoms with Crippen molar-refractivity contribution in [1.82, 2.24) is 9.55 Å². The number of benzene rings is 2. The molecule has 0 aliphatic rings. The number of aromatic amines is 1. The van der Waals surface area contributed by atoms with Crippen LogP contribution in [0.2, 0.25) is 0 Å². The van der Waals surface area contributed by atoms with Crippen LogP contribution in [0.3, 0.4) is 0 Å². The minimum absolute atomic E-state index is 0.0000878. The largest absolute Gasteiger partial charge is 0.493 e. The first kappa shape index (κ1) is 19.4. The summed E-state index contributed by atoms with van der Waals surface area (Å²) in [6.07, 6.45) is 0.428. The fourth-order valence-corrected chi connectivity index (χ4v) is 2.79. The van der Waals surface area contributed by atoms with Crippen molar-refractivity contribution in [2.75, 3.05) is 13.7 Å². The van der Waals surface area contributed by atoms with Gasteiger partial charge in [-0.1, -0.05) is 12.1 Å². The lowest BCUT2D eigenvalue weighted by Crippen LogP contribution is -2.18. The van der Waals surface area contributed by atoms with Gasteiger partial charge in [0.15, 0.2) is 11.5 Å². The number of nitrogens with zero attached hydrogens (tertiary/aromatic N) is 1. The summed E-state index contributed by atoms with van der Waals surface area (Å²) < 4.78 is 40.7. The summed E-state index contributed by atoms with van der Waals surface area (Å²) in [6, 6.07) is 11.1. The fourth-order valence-electron chi connectivity index (χ4n) is 2.79. The molecule has 0 amide bonds. The fraction of sp³-hybridized carbons (Fsp3) is 0.263. The average Bonchev–Trinajstić information content (AvgIpc) is 3.00. The van der Waals surface area contributed by atoms with Gasteiger partial charge in [-0.25, -0.2) is 9.59 Å². The minimum Gasteiger partial charge on any atom is -0.493 e. The molecule has 0 spiro atoms. The predicted octanol–water partition coefficient (Wildman–Crippen LogP) is 3.19. The monoisotopic (exact) mass is 392 g/mol. The lowest BCUT2D eigenvalue weighted by atomic mass is 10.2. The Hall–Kier alpha value is -3.36. The highest BCUT2D eigenvalue weighted by atomic mass is 19.3. The number of carbonyl (C=O) groups excluding carboxylic acids is 1. The molecule has 0 bridgehead atoms. The van der Waals surface area contributed by atoms with Crippen molar-refractivity contribution in [3.05, 3.63) is 58.5 Å². The summed E-state index contributed by atoms with van der Waals surface area (Å²) in [5, 5.41) is 0. The molecule has 148 valence electrons. The van der Waals surface area contributed by atoms with Crippen molar-refractivity contribution in [3.63, 3.8) is 0 Å². The molecule has 0 radical (unpaired) electrons. The number of hydrogen-bond acceptors (Lipinski definition) is 5. The molecule has 3 rings (SSSR count). The van der Waals surface area contributed by atoms with E-state index in [0.29, 0.717) is 13.0 Å². The number of para-hydroxylation sites is 2. The highest BCUT2D eigenvalue weighted by Gasteiger charge is 2.15. The molecular weight excluding hydrogens is 374 g/mol. The van der Waals surface area contributed by atoms with Gasteiger partial charge >= 0.3 is 18.3 Å². The third-order valence-electron chi connectivity index (χ3n) is 4.06. The van der Waals surface area contributed by atoms with Crippen LogP contribution in [-0.2, 0) is 11.3 Å². The molecule has 1 N–H and O–H groups in total. The van der Waals surface area contributed by atoms with E-state index in [0.717, 1.165) is 11.0 Å². The Labute approximate surface area is 158 Å².